The van der Waals surface area contributed by atoms with Crippen LogP contribution in [0.4, 0.5) is 4.39 Å². The van der Waals surface area contributed by atoms with Gasteiger partial charge < -0.3 is 0 Å². The van der Waals surface area contributed by atoms with Crippen LogP contribution in [-0.4, -0.2) is 11.5 Å². The van der Waals surface area contributed by atoms with Gasteiger partial charge in [-0.1, -0.05) is 19.4 Å². The quantitative estimate of drug-likeness (QED) is 0.430. The molecule has 0 radical (unpaired) electrons. The Hall–Kier alpha value is -0.830. The molecule has 15 heavy (non-hydrogen) atoms. The van der Waals surface area contributed by atoms with Crippen molar-refractivity contribution >= 4 is 17.5 Å². The number of thioether (sulfide) groups is 1. The Morgan fingerprint density at radius 1 is 1.47 bits per heavy atom. The van der Waals surface area contributed by atoms with Crippen molar-refractivity contribution < 1.29 is 9.18 Å². The highest BCUT2D eigenvalue weighted by molar-refractivity contribution is 7.99. The third kappa shape index (κ3) is 3.34. The highest BCUT2D eigenvalue weighted by atomic mass is 32.2. The fourth-order valence-corrected chi connectivity index (χ4v) is 2.51. The molecule has 0 unspecified atom stereocenters. The molecular weight excluding hydrogens is 211 g/mol. The van der Waals surface area contributed by atoms with Crippen LogP contribution in [0, 0.1) is 5.82 Å². The van der Waals surface area contributed by atoms with E-state index in [1.165, 1.54) is 13.0 Å². The minimum atomic E-state index is -0.413. The van der Waals surface area contributed by atoms with Gasteiger partial charge in [-0.2, -0.15) is 0 Å². The molecular formula is C12H15FOS. The number of benzene rings is 1. The first-order chi connectivity index (χ1) is 7.16. The van der Waals surface area contributed by atoms with E-state index in [0.29, 0.717) is 0 Å². The maximum absolute atomic E-state index is 13.4. The largest absolute Gasteiger partial charge is 0.294 e. The second-order valence-corrected chi connectivity index (χ2v) is 4.51. The molecule has 1 nitrogen and oxygen atoms in total. The summed E-state index contributed by atoms with van der Waals surface area (Å²) in [6.45, 7) is 3.51. The molecule has 0 heterocycles. The lowest BCUT2D eigenvalue weighted by atomic mass is 10.1. The normalized spacial score (nSPS) is 10.3. The smallest absolute Gasteiger partial charge is 0.163 e. The van der Waals surface area contributed by atoms with E-state index in [1.807, 2.05) is 0 Å². The van der Waals surface area contributed by atoms with Crippen LogP contribution in [0.2, 0.25) is 0 Å². The Labute approximate surface area is 94.1 Å². The van der Waals surface area contributed by atoms with Crippen molar-refractivity contribution in [3.8, 4) is 0 Å². The van der Waals surface area contributed by atoms with Crippen molar-refractivity contribution in [2.75, 3.05) is 5.75 Å². The molecule has 0 amide bonds. The van der Waals surface area contributed by atoms with Crippen LogP contribution < -0.4 is 0 Å². The van der Waals surface area contributed by atoms with Crippen molar-refractivity contribution in [1.29, 1.82) is 0 Å². The van der Waals surface area contributed by atoms with Gasteiger partial charge in [0.1, 0.15) is 5.82 Å². The number of carbonyl (C=O) groups is 1. The number of carbonyl (C=O) groups excluding carboxylic acids is 1. The SMILES string of the molecule is CCCCSc1cccc(F)c1C(C)=O. The lowest BCUT2D eigenvalue weighted by Crippen LogP contribution is -1.99. The summed E-state index contributed by atoms with van der Waals surface area (Å²) in [6, 6.07) is 4.79. The Kier molecular flexibility index (Phi) is 4.82. The van der Waals surface area contributed by atoms with E-state index in [1.54, 1.807) is 23.9 Å². The molecule has 0 N–H and O–H groups in total. The first-order valence-electron chi connectivity index (χ1n) is 5.09. The summed E-state index contributed by atoms with van der Waals surface area (Å²) < 4.78 is 13.4. The molecule has 0 atom stereocenters. The zero-order valence-corrected chi connectivity index (χ0v) is 9.86. The van der Waals surface area contributed by atoms with Crippen molar-refractivity contribution in [2.24, 2.45) is 0 Å². The molecule has 82 valence electrons. The zero-order valence-electron chi connectivity index (χ0n) is 9.05. The molecule has 1 aromatic rings. The van der Waals surface area contributed by atoms with Crippen LogP contribution >= 0.6 is 11.8 Å². The first kappa shape index (κ1) is 12.2. The van der Waals surface area contributed by atoms with E-state index >= 15 is 0 Å². The number of Topliss-reactive ketones (excluding diaryl/α,β-unsaturated/α-hetero) is 1. The van der Waals surface area contributed by atoms with E-state index < -0.39 is 5.82 Å². The van der Waals surface area contributed by atoms with E-state index in [2.05, 4.69) is 6.92 Å². The van der Waals surface area contributed by atoms with Crippen molar-refractivity contribution in [1.82, 2.24) is 0 Å². The predicted molar refractivity (Wildman–Crippen MR) is 62.0 cm³/mol. The summed E-state index contributed by atoms with van der Waals surface area (Å²) in [4.78, 5) is 12.0. The minimum Gasteiger partial charge on any atom is -0.294 e. The molecule has 0 aromatic heterocycles. The van der Waals surface area contributed by atoms with Gasteiger partial charge in [0.25, 0.3) is 0 Å². The Morgan fingerprint density at radius 3 is 2.80 bits per heavy atom. The van der Waals surface area contributed by atoms with Crippen LogP contribution in [0.1, 0.15) is 37.0 Å². The van der Waals surface area contributed by atoms with Crippen LogP contribution in [0.5, 0.6) is 0 Å². The summed E-state index contributed by atoms with van der Waals surface area (Å²) in [5, 5.41) is 0. The number of hydrogen-bond donors (Lipinski definition) is 0. The number of halogens is 1. The number of hydrogen-bond acceptors (Lipinski definition) is 2. The van der Waals surface area contributed by atoms with Gasteiger partial charge in [-0.25, -0.2) is 4.39 Å². The second kappa shape index (κ2) is 5.91. The summed E-state index contributed by atoms with van der Waals surface area (Å²) in [6.07, 6.45) is 2.19. The highest BCUT2D eigenvalue weighted by Gasteiger charge is 2.12. The number of ketones is 1. The van der Waals surface area contributed by atoms with Gasteiger partial charge in [0.2, 0.25) is 0 Å². The Bertz CT molecular complexity index is 349. The van der Waals surface area contributed by atoms with Crippen LogP contribution in [0.25, 0.3) is 0 Å². The van der Waals surface area contributed by atoms with Crippen molar-refractivity contribution in [3.63, 3.8) is 0 Å². The number of rotatable bonds is 5. The lowest BCUT2D eigenvalue weighted by molar-refractivity contribution is 0.101. The maximum atomic E-state index is 13.4. The molecule has 0 spiro atoms. The predicted octanol–water partition coefficient (Wildman–Crippen LogP) is 3.92. The third-order valence-electron chi connectivity index (χ3n) is 2.08. The summed E-state index contributed by atoms with van der Waals surface area (Å²) >= 11 is 1.55. The second-order valence-electron chi connectivity index (χ2n) is 3.37. The molecule has 1 rings (SSSR count). The molecule has 1 aromatic carbocycles. The van der Waals surface area contributed by atoms with Crippen LogP contribution in [0.3, 0.4) is 0 Å². The summed E-state index contributed by atoms with van der Waals surface area (Å²) in [5.74, 6) is 0.316. The molecule has 0 fully saturated rings. The van der Waals surface area contributed by atoms with Gasteiger partial charge in [-0.05, 0) is 31.2 Å². The fraction of sp³-hybridized carbons (Fsp3) is 0.417. The highest BCUT2D eigenvalue weighted by Crippen LogP contribution is 2.26. The van der Waals surface area contributed by atoms with Gasteiger partial charge in [0.15, 0.2) is 5.78 Å². The van der Waals surface area contributed by atoms with E-state index in [9.17, 15) is 9.18 Å². The first-order valence-corrected chi connectivity index (χ1v) is 6.07. The van der Waals surface area contributed by atoms with Crippen LogP contribution in [-0.2, 0) is 0 Å². The Balaban J connectivity index is 2.86. The van der Waals surface area contributed by atoms with Gasteiger partial charge in [-0.3, -0.25) is 4.79 Å². The van der Waals surface area contributed by atoms with E-state index in [4.69, 9.17) is 0 Å². The fourth-order valence-electron chi connectivity index (χ4n) is 1.29. The lowest BCUT2D eigenvalue weighted by Gasteiger charge is -2.06. The van der Waals surface area contributed by atoms with Gasteiger partial charge >= 0.3 is 0 Å². The monoisotopic (exact) mass is 226 g/mol. The third-order valence-corrected chi connectivity index (χ3v) is 3.23. The number of unbranched alkanes of at least 4 members (excludes halogenated alkanes) is 1. The van der Waals surface area contributed by atoms with Crippen molar-refractivity contribution in [3.05, 3.63) is 29.6 Å². The molecule has 0 bridgehead atoms. The van der Waals surface area contributed by atoms with Gasteiger partial charge in [0, 0.05) is 4.90 Å². The molecule has 0 aliphatic carbocycles. The Morgan fingerprint density at radius 2 is 2.20 bits per heavy atom. The molecule has 0 aliphatic heterocycles. The average Bonchev–Trinajstić information content (AvgIpc) is 2.17. The molecule has 0 saturated heterocycles. The maximum Gasteiger partial charge on any atom is 0.163 e. The van der Waals surface area contributed by atoms with Crippen LogP contribution in [0.15, 0.2) is 23.1 Å². The topological polar surface area (TPSA) is 17.1 Å². The van der Waals surface area contributed by atoms with E-state index in [0.717, 1.165) is 23.5 Å². The van der Waals surface area contributed by atoms with Gasteiger partial charge in [0.05, 0.1) is 5.56 Å². The molecule has 3 heteroatoms. The van der Waals surface area contributed by atoms with Crippen molar-refractivity contribution in [2.45, 2.75) is 31.6 Å². The summed E-state index contributed by atoms with van der Waals surface area (Å²) in [7, 11) is 0. The molecule has 0 saturated carbocycles. The molecule has 0 aliphatic rings. The van der Waals surface area contributed by atoms with E-state index in [-0.39, 0.29) is 11.3 Å². The standard InChI is InChI=1S/C12H15FOS/c1-3-4-8-15-11-7-5-6-10(13)12(11)9(2)14/h5-7H,3-4,8H2,1-2H3. The zero-order chi connectivity index (χ0) is 11.3. The average molecular weight is 226 g/mol. The minimum absolute atomic E-state index is 0.202. The summed E-state index contributed by atoms with van der Waals surface area (Å²) in [5.41, 5.74) is 0.235. The van der Waals surface area contributed by atoms with Gasteiger partial charge in [-0.15, -0.1) is 11.8 Å².